The SMILES string of the molecule is CC1(C(=O)Cc2csnn2)CCCC1. The molecule has 3 nitrogen and oxygen atoms in total. The predicted octanol–water partition coefficient (Wildman–Crippen LogP) is 2.23. The summed E-state index contributed by atoms with van der Waals surface area (Å²) >= 11 is 1.31. The summed E-state index contributed by atoms with van der Waals surface area (Å²) in [5.74, 6) is 0.336. The van der Waals surface area contributed by atoms with Crippen LogP contribution in [0.3, 0.4) is 0 Å². The Kier molecular flexibility index (Phi) is 2.63. The van der Waals surface area contributed by atoms with Crippen molar-refractivity contribution in [3.05, 3.63) is 11.1 Å². The molecule has 0 spiro atoms. The Labute approximate surface area is 87.7 Å². The molecule has 1 aromatic rings. The molecule has 0 radical (unpaired) electrons. The minimum atomic E-state index is -0.0797. The molecule has 14 heavy (non-hydrogen) atoms. The van der Waals surface area contributed by atoms with E-state index in [9.17, 15) is 4.79 Å². The van der Waals surface area contributed by atoms with E-state index < -0.39 is 0 Å². The molecule has 76 valence electrons. The van der Waals surface area contributed by atoms with Crippen molar-refractivity contribution in [1.82, 2.24) is 9.59 Å². The van der Waals surface area contributed by atoms with Gasteiger partial charge in [0, 0.05) is 10.8 Å². The van der Waals surface area contributed by atoms with Gasteiger partial charge >= 0.3 is 0 Å². The fourth-order valence-electron chi connectivity index (χ4n) is 2.07. The van der Waals surface area contributed by atoms with Gasteiger partial charge in [-0.05, 0) is 24.4 Å². The van der Waals surface area contributed by atoms with Gasteiger partial charge < -0.3 is 0 Å². The number of ketones is 1. The first kappa shape index (κ1) is 9.77. The Bertz CT molecular complexity index is 315. The smallest absolute Gasteiger partial charge is 0.144 e. The van der Waals surface area contributed by atoms with Gasteiger partial charge in [-0.2, -0.15) is 0 Å². The van der Waals surface area contributed by atoms with Gasteiger partial charge in [-0.15, -0.1) is 5.10 Å². The third-order valence-electron chi connectivity index (χ3n) is 3.13. The molecule has 1 aliphatic carbocycles. The summed E-state index contributed by atoms with van der Waals surface area (Å²) in [5, 5.41) is 5.76. The maximum Gasteiger partial charge on any atom is 0.144 e. The molecule has 1 fully saturated rings. The van der Waals surface area contributed by atoms with Crippen LogP contribution >= 0.6 is 11.5 Å². The van der Waals surface area contributed by atoms with Gasteiger partial charge in [0.15, 0.2) is 0 Å². The van der Waals surface area contributed by atoms with Gasteiger partial charge in [0.25, 0.3) is 0 Å². The molecule has 2 rings (SSSR count). The molecule has 1 aliphatic rings. The Morgan fingerprint density at radius 3 is 2.86 bits per heavy atom. The minimum Gasteiger partial charge on any atom is -0.299 e. The van der Waals surface area contributed by atoms with Crippen LogP contribution in [0.1, 0.15) is 38.3 Å². The number of aromatic nitrogens is 2. The van der Waals surface area contributed by atoms with E-state index in [2.05, 4.69) is 16.5 Å². The maximum absolute atomic E-state index is 12.0. The van der Waals surface area contributed by atoms with Crippen molar-refractivity contribution in [2.45, 2.75) is 39.0 Å². The summed E-state index contributed by atoms with van der Waals surface area (Å²) in [6, 6.07) is 0. The van der Waals surface area contributed by atoms with E-state index in [0.717, 1.165) is 18.5 Å². The standard InChI is InChI=1S/C10H14N2OS/c1-10(4-2-3-5-10)9(13)6-8-7-14-12-11-8/h7H,2-6H2,1H3. The molecule has 1 heterocycles. The normalized spacial score (nSPS) is 19.8. The second-order valence-electron chi connectivity index (χ2n) is 4.26. The lowest BCUT2D eigenvalue weighted by atomic mass is 9.82. The van der Waals surface area contributed by atoms with Gasteiger partial charge in [0.05, 0.1) is 12.1 Å². The lowest BCUT2D eigenvalue weighted by Crippen LogP contribution is -2.26. The van der Waals surface area contributed by atoms with Crippen LogP contribution in [-0.2, 0) is 11.2 Å². The summed E-state index contributed by atoms with van der Waals surface area (Å²) in [6.45, 7) is 2.09. The van der Waals surface area contributed by atoms with Gasteiger partial charge in [-0.1, -0.05) is 24.3 Å². The van der Waals surface area contributed by atoms with Gasteiger partial charge in [0.2, 0.25) is 0 Å². The zero-order chi connectivity index (χ0) is 10.0. The summed E-state index contributed by atoms with van der Waals surface area (Å²) < 4.78 is 3.76. The summed E-state index contributed by atoms with van der Waals surface area (Å²) in [7, 11) is 0. The Hall–Kier alpha value is -0.770. The summed E-state index contributed by atoms with van der Waals surface area (Å²) in [5.41, 5.74) is 0.747. The van der Waals surface area contributed by atoms with Crippen molar-refractivity contribution in [2.24, 2.45) is 5.41 Å². The summed E-state index contributed by atoms with van der Waals surface area (Å²) in [6.07, 6.45) is 4.94. The quantitative estimate of drug-likeness (QED) is 0.768. The van der Waals surface area contributed by atoms with Crippen molar-refractivity contribution in [1.29, 1.82) is 0 Å². The lowest BCUT2D eigenvalue weighted by molar-refractivity contribution is -0.127. The van der Waals surface area contributed by atoms with Crippen LogP contribution in [0.5, 0.6) is 0 Å². The molecule has 0 saturated heterocycles. The molecule has 0 N–H and O–H groups in total. The zero-order valence-electron chi connectivity index (χ0n) is 8.32. The third-order valence-corrected chi connectivity index (χ3v) is 3.68. The lowest BCUT2D eigenvalue weighted by Gasteiger charge is -2.20. The van der Waals surface area contributed by atoms with Gasteiger partial charge in [0.1, 0.15) is 5.78 Å². The molecule has 0 amide bonds. The molecule has 1 saturated carbocycles. The largest absolute Gasteiger partial charge is 0.299 e. The van der Waals surface area contributed by atoms with Crippen LogP contribution in [-0.4, -0.2) is 15.4 Å². The molecule has 1 aromatic heterocycles. The first-order chi connectivity index (χ1) is 6.71. The van der Waals surface area contributed by atoms with Crippen molar-refractivity contribution >= 4 is 17.3 Å². The van der Waals surface area contributed by atoms with Crippen molar-refractivity contribution in [3.63, 3.8) is 0 Å². The molecule has 0 unspecified atom stereocenters. The maximum atomic E-state index is 12.0. The highest BCUT2D eigenvalue weighted by Crippen LogP contribution is 2.38. The number of rotatable bonds is 3. The first-order valence-electron chi connectivity index (χ1n) is 5.00. The van der Waals surface area contributed by atoms with E-state index >= 15 is 0 Å². The van der Waals surface area contributed by atoms with Crippen LogP contribution in [0, 0.1) is 5.41 Å². The van der Waals surface area contributed by atoms with Crippen molar-refractivity contribution in [3.8, 4) is 0 Å². The number of carbonyl (C=O) groups excluding carboxylic acids is 1. The van der Waals surface area contributed by atoms with Crippen LogP contribution in [0.2, 0.25) is 0 Å². The molecular formula is C10H14N2OS. The summed E-state index contributed by atoms with van der Waals surface area (Å²) in [4.78, 5) is 12.0. The highest BCUT2D eigenvalue weighted by Gasteiger charge is 2.35. The van der Waals surface area contributed by atoms with Crippen LogP contribution in [0.4, 0.5) is 0 Å². The predicted molar refractivity (Wildman–Crippen MR) is 55.2 cm³/mol. The van der Waals surface area contributed by atoms with E-state index in [1.54, 1.807) is 0 Å². The Balaban J connectivity index is 2.02. The second-order valence-corrected chi connectivity index (χ2v) is 4.87. The van der Waals surface area contributed by atoms with E-state index in [1.807, 2.05) is 5.38 Å². The van der Waals surface area contributed by atoms with Crippen LogP contribution in [0.25, 0.3) is 0 Å². The number of hydrogen-bond donors (Lipinski definition) is 0. The van der Waals surface area contributed by atoms with E-state index in [-0.39, 0.29) is 5.41 Å². The van der Waals surface area contributed by atoms with E-state index in [1.165, 1.54) is 24.4 Å². The molecule has 4 heteroatoms. The van der Waals surface area contributed by atoms with Crippen LogP contribution < -0.4 is 0 Å². The fraction of sp³-hybridized carbons (Fsp3) is 0.700. The first-order valence-corrected chi connectivity index (χ1v) is 5.84. The topological polar surface area (TPSA) is 42.9 Å². The third kappa shape index (κ3) is 1.85. The number of hydrogen-bond acceptors (Lipinski definition) is 4. The molecule has 0 aliphatic heterocycles. The zero-order valence-corrected chi connectivity index (χ0v) is 9.14. The minimum absolute atomic E-state index is 0.0797. The number of nitrogens with zero attached hydrogens (tertiary/aromatic N) is 2. The number of carbonyl (C=O) groups is 1. The van der Waals surface area contributed by atoms with E-state index in [4.69, 9.17) is 0 Å². The van der Waals surface area contributed by atoms with Gasteiger partial charge in [-0.3, -0.25) is 4.79 Å². The van der Waals surface area contributed by atoms with Gasteiger partial charge in [-0.25, -0.2) is 0 Å². The van der Waals surface area contributed by atoms with Crippen molar-refractivity contribution < 1.29 is 4.79 Å². The fourth-order valence-corrected chi connectivity index (χ4v) is 2.52. The van der Waals surface area contributed by atoms with Crippen LogP contribution in [0.15, 0.2) is 5.38 Å². The highest BCUT2D eigenvalue weighted by molar-refractivity contribution is 7.03. The average Bonchev–Trinajstić information content (AvgIpc) is 2.76. The Morgan fingerprint density at radius 1 is 1.57 bits per heavy atom. The Morgan fingerprint density at radius 2 is 2.29 bits per heavy atom. The van der Waals surface area contributed by atoms with E-state index in [0.29, 0.717) is 12.2 Å². The highest BCUT2D eigenvalue weighted by atomic mass is 32.1. The second kappa shape index (κ2) is 3.77. The number of Topliss-reactive ketones (excluding diaryl/α,β-unsaturated/α-hetero) is 1. The average molecular weight is 210 g/mol. The monoisotopic (exact) mass is 210 g/mol. The molecule has 0 atom stereocenters. The molecular weight excluding hydrogens is 196 g/mol. The van der Waals surface area contributed by atoms with Crippen molar-refractivity contribution in [2.75, 3.05) is 0 Å². The molecule has 0 aromatic carbocycles. The molecule has 0 bridgehead atoms.